The van der Waals surface area contributed by atoms with E-state index in [4.69, 9.17) is 23.7 Å². The van der Waals surface area contributed by atoms with E-state index in [1.165, 1.54) is 41.0 Å². The van der Waals surface area contributed by atoms with Gasteiger partial charge in [-0.25, -0.2) is 8.78 Å². The minimum Gasteiger partial charge on any atom is -0.493 e. The molecule has 258 valence electrons. The average molecular weight is 684 g/mol. The molecular formula is C38H35F2N3O7. The Morgan fingerprint density at radius 3 is 2.56 bits per heavy atom. The number of ketones is 1. The number of methoxy groups -OCH3 is 2. The number of halogens is 2. The van der Waals surface area contributed by atoms with Crippen LogP contribution in [0.15, 0.2) is 77.9 Å². The smallest absolute Gasteiger partial charge is 0.269 e. The van der Waals surface area contributed by atoms with E-state index in [2.05, 4.69) is 9.88 Å². The number of Topliss-reactive ketones (excluding diaryl/α,β-unsaturated/α-hetero) is 1. The van der Waals surface area contributed by atoms with Gasteiger partial charge in [-0.3, -0.25) is 24.0 Å². The second-order valence-corrected chi connectivity index (χ2v) is 12.2. The van der Waals surface area contributed by atoms with Crippen LogP contribution in [-0.2, 0) is 17.6 Å². The van der Waals surface area contributed by atoms with Gasteiger partial charge >= 0.3 is 0 Å². The molecule has 0 atom stereocenters. The van der Waals surface area contributed by atoms with Gasteiger partial charge in [0.05, 0.1) is 31.9 Å². The molecule has 2 aromatic heterocycles. The minimum atomic E-state index is -0.690. The fraction of sp³-hybridized carbons (Fsp3) is 0.289. The number of pyridine rings is 2. The fourth-order valence-corrected chi connectivity index (χ4v) is 6.24. The topological polar surface area (TPSA) is 101 Å². The Balaban J connectivity index is 1.07. The molecule has 4 heterocycles. The number of nitrogens with zero attached hydrogens (tertiary/aromatic N) is 3. The van der Waals surface area contributed by atoms with E-state index in [-0.39, 0.29) is 23.5 Å². The lowest BCUT2D eigenvalue weighted by Gasteiger charge is -2.38. The first-order valence-corrected chi connectivity index (χ1v) is 16.3. The van der Waals surface area contributed by atoms with Crippen molar-refractivity contribution in [3.8, 4) is 34.4 Å². The molecule has 0 aliphatic carbocycles. The molecule has 0 N–H and O–H groups in total. The Hall–Kier alpha value is -5.33. The Labute approximate surface area is 286 Å². The maximum Gasteiger partial charge on any atom is 0.269 e. The number of likely N-dealkylation sites (tertiary alicyclic amines) is 1. The summed E-state index contributed by atoms with van der Waals surface area (Å²) in [7, 11) is 3.27. The van der Waals surface area contributed by atoms with Gasteiger partial charge in [-0.05, 0) is 60.5 Å². The number of ether oxygens (including phenoxy) is 5. The van der Waals surface area contributed by atoms with Crippen LogP contribution < -0.4 is 24.5 Å². The van der Waals surface area contributed by atoms with E-state index in [0.29, 0.717) is 70.7 Å². The lowest BCUT2D eigenvalue weighted by atomic mass is 10.0. The molecule has 3 aromatic carbocycles. The highest BCUT2D eigenvalue weighted by Gasteiger charge is 2.28. The van der Waals surface area contributed by atoms with E-state index in [1.807, 2.05) is 0 Å². The number of carbonyl (C=O) groups excluding carboxylic acids is 1. The number of hydrogen-bond acceptors (Lipinski definition) is 9. The van der Waals surface area contributed by atoms with Gasteiger partial charge in [0.15, 0.2) is 28.8 Å². The summed E-state index contributed by atoms with van der Waals surface area (Å²) in [5.41, 5.74) is 1.31. The first-order valence-electron chi connectivity index (χ1n) is 16.3. The van der Waals surface area contributed by atoms with Crippen molar-refractivity contribution in [2.75, 3.05) is 47.1 Å². The van der Waals surface area contributed by atoms with Crippen LogP contribution in [0.25, 0.3) is 16.6 Å². The fourth-order valence-electron chi connectivity index (χ4n) is 6.24. The summed E-state index contributed by atoms with van der Waals surface area (Å²) in [6, 6.07) is 14.8. The zero-order chi connectivity index (χ0) is 34.8. The summed E-state index contributed by atoms with van der Waals surface area (Å²) in [6.45, 7) is 3.58. The normalized spacial score (nSPS) is 14.2. The number of carbonyl (C=O) groups is 1. The molecule has 0 bridgehead atoms. The van der Waals surface area contributed by atoms with E-state index in [0.717, 1.165) is 26.1 Å². The second kappa shape index (κ2) is 14.3. The van der Waals surface area contributed by atoms with E-state index in [9.17, 15) is 14.0 Å². The minimum absolute atomic E-state index is 0.0581. The van der Waals surface area contributed by atoms with E-state index < -0.39 is 23.0 Å². The van der Waals surface area contributed by atoms with Crippen molar-refractivity contribution in [1.29, 1.82) is 0 Å². The van der Waals surface area contributed by atoms with Gasteiger partial charge in [0, 0.05) is 74.7 Å². The molecule has 7 rings (SSSR count). The molecule has 0 unspecified atom stereocenters. The van der Waals surface area contributed by atoms with Crippen LogP contribution >= 0.6 is 0 Å². The molecule has 10 nitrogen and oxygen atoms in total. The van der Waals surface area contributed by atoms with E-state index in [1.54, 1.807) is 50.9 Å². The van der Waals surface area contributed by atoms with Crippen LogP contribution in [0.5, 0.6) is 28.7 Å². The van der Waals surface area contributed by atoms with Crippen LogP contribution in [0.1, 0.15) is 27.9 Å². The first kappa shape index (κ1) is 33.2. The number of aromatic nitrogens is 2. The van der Waals surface area contributed by atoms with Crippen molar-refractivity contribution in [2.24, 2.45) is 0 Å². The maximum absolute atomic E-state index is 15.5. The van der Waals surface area contributed by atoms with Gasteiger partial charge in [-0.1, -0.05) is 6.07 Å². The van der Waals surface area contributed by atoms with Crippen molar-refractivity contribution in [3.05, 3.63) is 112 Å². The molecule has 1 saturated heterocycles. The molecular weight excluding hydrogens is 648 g/mol. The highest BCUT2D eigenvalue weighted by Crippen LogP contribution is 2.38. The zero-order valence-corrected chi connectivity index (χ0v) is 27.6. The summed E-state index contributed by atoms with van der Waals surface area (Å²) < 4.78 is 59.0. The van der Waals surface area contributed by atoms with Crippen molar-refractivity contribution in [1.82, 2.24) is 14.5 Å². The summed E-state index contributed by atoms with van der Waals surface area (Å²) in [5, 5.41) is 0.594. The summed E-state index contributed by atoms with van der Waals surface area (Å²) in [5.74, 6) is -0.0977. The molecule has 0 amide bonds. The Morgan fingerprint density at radius 2 is 1.80 bits per heavy atom. The third-order valence-electron chi connectivity index (χ3n) is 8.94. The molecule has 50 heavy (non-hydrogen) atoms. The van der Waals surface area contributed by atoms with Gasteiger partial charge < -0.3 is 23.7 Å². The number of rotatable bonds is 13. The van der Waals surface area contributed by atoms with Crippen LogP contribution in [-0.4, -0.2) is 73.4 Å². The molecule has 2 aliphatic rings. The maximum atomic E-state index is 15.5. The predicted molar refractivity (Wildman–Crippen MR) is 181 cm³/mol. The average Bonchev–Trinajstić information content (AvgIpc) is 3.56. The van der Waals surface area contributed by atoms with Crippen molar-refractivity contribution in [3.63, 3.8) is 0 Å². The third-order valence-corrected chi connectivity index (χ3v) is 8.94. The van der Waals surface area contributed by atoms with Gasteiger partial charge in [0.1, 0.15) is 22.9 Å². The molecule has 0 saturated carbocycles. The number of benzene rings is 3. The van der Waals surface area contributed by atoms with Crippen molar-refractivity contribution >= 4 is 16.7 Å². The zero-order valence-electron chi connectivity index (χ0n) is 27.6. The Morgan fingerprint density at radius 1 is 0.980 bits per heavy atom. The molecule has 2 aliphatic heterocycles. The number of fused-ring (bicyclic) bond motifs is 2. The first-order chi connectivity index (χ1) is 24.3. The monoisotopic (exact) mass is 683 g/mol. The highest BCUT2D eigenvalue weighted by atomic mass is 19.1. The molecule has 12 heteroatoms. The van der Waals surface area contributed by atoms with Gasteiger partial charge in [0.2, 0.25) is 0 Å². The Bertz CT molecular complexity index is 2110. The third kappa shape index (κ3) is 6.76. The van der Waals surface area contributed by atoms with Gasteiger partial charge in [0.25, 0.3) is 5.56 Å². The second-order valence-electron chi connectivity index (χ2n) is 12.2. The summed E-state index contributed by atoms with van der Waals surface area (Å²) >= 11 is 0. The lowest BCUT2D eigenvalue weighted by Crippen LogP contribution is -2.51. The highest BCUT2D eigenvalue weighted by molar-refractivity contribution is 6.00. The van der Waals surface area contributed by atoms with Crippen LogP contribution in [0.3, 0.4) is 0 Å². The van der Waals surface area contributed by atoms with Crippen LogP contribution in [0, 0.1) is 11.6 Å². The molecule has 0 radical (unpaired) electrons. The molecule has 5 aromatic rings. The molecule has 0 spiro atoms. The summed E-state index contributed by atoms with van der Waals surface area (Å²) in [4.78, 5) is 33.8. The van der Waals surface area contributed by atoms with Gasteiger partial charge in [-0.15, -0.1) is 0 Å². The van der Waals surface area contributed by atoms with E-state index >= 15 is 4.39 Å². The van der Waals surface area contributed by atoms with Crippen LogP contribution in [0.2, 0.25) is 0 Å². The van der Waals surface area contributed by atoms with Crippen molar-refractivity contribution in [2.45, 2.75) is 25.4 Å². The Kier molecular flexibility index (Phi) is 9.46. The summed E-state index contributed by atoms with van der Waals surface area (Å²) in [6.07, 6.45) is 4.58. The lowest BCUT2D eigenvalue weighted by molar-refractivity contribution is -0.0306. The quantitative estimate of drug-likeness (QED) is 0.111. The largest absolute Gasteiger partial charge is 0.493 e. The predicted octanol–water partition coefficient (Wildman–Crippen LogP) is 5.92. The van der Waals surface area contributed by atoms with Crippen molar-refractivity contribution < 1.29 is 37.3 Å². The SMILES string of the molecule is COc1cc2c(Oc3ccc(CC(=O)c4c5c(cn(-c6ccc(F)cc6)c4=O)CCO5)cc3F)ccnc2cc1OCCCN1CC(OC)C1. The van der Waals surface area contributed by atoms with Gasteiger partial charge in [-0.2, -0.15) is 0 Å². The van der Waals surface area contributed by atoms with Crippen LogP contribution in [0.4, 0.5) is 8.78 Å². The number of hydrogen-bond donors (Lipinski definition) is 0. The molecule has 1 fully saturated rings. The standard InChI is InChI=1S/C38H35F2N3O7/c1-46-27-21-42(22-27)13-3-14-48-35-19-30-28(18-34(35)47-2)32(10-12-41-30)50-33-9-4-23(16-29(33)40)17-31(44)36-37-24(11-15-49-37)20-43(38(36)45)26-7-5-25(39)6-8-26/h4-10,12,16,18-20,27H,3,11,13-15,17,21-22H2,1-2H3.